The minimum Gasteiger partial charge on any atom is -0.461 e. The van der Waals surface area contributed by atoms with Crippen molar-refractivity contribution in [3.63, 3.8) is 0 Å². The van der Waals surface area contributed by atoms with Gasteiger partial charge in [-0.15, -0.1) is 11.8 Å². The highest BCUT2D eigenvalue weighted by Crippen LogP contribution is 2.28. The van der Waals surface area contributed by atoms with E-state index in [1.165, 1.54) is 11.8 Å². The van der Waals surface area contributed by atoms with Crippen LogP contribution >= 0.6 is 11.8 Å². The van der Waals surface area contributed by atoms with Crippen molar-refractivity contribution in [2.24, 2.45) is 5.92 Å². The van der Waals surface area contributed by atoms with E-state index in [2.05, 4.69) is 30.8 Å². The zero-order valence-electron chi connectivity index (χ0n) is 20.4. The van der Waals surface area contributed by atoms with Gasteiger partial charge < -0.3 is 14.2 Å². The molecule has 0 aliphatic carbocycles. The molecular formula is C26H32N6O2S. The molecule has 0 radical (unpaired) electrons. The van der Waals surface area contributed by atoms with Crippen LogP contribution in [-0.2, 0) is 0 Å². The first kappa shape index (κ1) is 23.8. The predicted molar refractivity (Wildman–Crippen MR) is 138 cm³/mol. The molecule has 2 fully saturated rings. The summed E-state index contributed by atoms with van der Waals surface area (Å²) >= 11 is 1.48. The summed E-state index contributed by atoms with van der Waals surface area (Å²) in [4.78, 5) is 34.3. The lowest BCUT2D eigenvalue weighted by Gasteiger charge is -2.39. The standard InChI is InChI=1S/C26H32N6O2S/c1-19-23(25(35-2)29-24(28-19)21-8-6-16-34-21)26(33)32-11-5-7-20(18-32)17-30-12-14-31(15-13-30)22-9-3-4-10-27-22/h3-4,6,8-10,16,20H,5,7,11-15,17-18H2,1-2H3. The zero-order valence-corrected chi connectivity index (χ0v) is 21.2. The number of aryl methyl sites for hydroxylation is 1. The molecule has 2 saturated heterocycles. The van der Waals surface area contributed by atoms with Crippen LogP contribution < -0.4 is 4.90 Å². The predicted octanol–water partition coefficient (Wildman–Crippen LogP) is 3.84. The molecule has 35 heavy (non-hydrogen) atoms. The van der Waals surface area contributed by atoms with Crippen LogP contribution in [0.15, 0.2) is 52.2 Å². The van der Waals surface area contributed by atoms with E-state index in [9.17, 15) is 4.79 Å². The van der Waals surface area contributed by atoms with E-state index in [4.69, 9.17) is 4.42 Å². The van der Waals surface area contributed by atoms with Crippen molar-refractivity contribution in [3.05, 3.63) is 54.0 Å². The van der Waals surface area contributed by atoms with Gasteiger partial charge in [0.2, 0.25) is 0 Å². The van der Waals surface area contributed by atoms with Gasteiger partial charge in [0.25, 0.3) is 5.91 Å². The molecule has 5 heterocycles. The summed E-state index contributed by atoms with van der Waals surface area (Å²) in [6.45, 7) is 8.52. The molecule has 3 aromatic heterocycles. The Kier molecular flexibility index (Phi) is 7.34. The van der Waals surface area contributed by atoms with Crippen molar-refractivity contribution < 1.29 is 9.21 Å². The number of nitrogens with zero attached hydrogens (tertiary/aromatic N) is 6. The minimum absolute atomic E-state index is 0.0440. The largest absolute Gasteiger partial charge is 0.461 e. The van der Waals surface area contributed by atoms with Crippen LogP contribution in [0.3, 0.4) is 0 Å². The van der Waals surface area contributed by atoms with Crippen LogP contribution in [0.2, 0.25) is 0 Å². The highest BCUT2D eigenvalue weighted by atomic mass is 32.2. The molecule has 1 amide bonds. The molecule has 1 unspecified atom stereocenters. The maximum atomic E-state index is 13.6. The van der Waals surface area contributed by atoms with Gasteiger partial charge in [-0.3, -0.25) is 9.69 Å². The van der Waals surface area contributed by atoms with Gasteiger partial charge >= 0.3 is 0 Å². The van der Waals surface area contributed by atoms with Crippen LogP contribution in [0.25, 0.3) is 11.6 Å². The molecule has 0 aromatic carbocycles. The lowest BCUT2D eigenvalue weighted by molar-refractivity contribution is 0.0631. The van der Waals surface area contributed by atoms with Gasteiger partial charge in [-0.1, -0.05) is 6.07 Å². The van der Waals surface area contributed by atoms with Crippen molar-refractivity contribution >= 4 is 23.5 Å². The highest BCUT2D eigenvalue weighted by Gasteiger charge is 2.30. The summed E-state index contributed by atoms with van der Waals surface area (Å²) in [5.74, 6) is 2.72. The first-order valence-corrected chi connectivity index (χ1v) is 13.5. The quantitative estimate of drug-likeness (QED) is 0.379. The molecule has 2 aliphatic rings. The number of likely N-dealkylation sites (tertiary alicyclic amines) is 1. The Bertz CT molecular complexity index is 1130. The molecule has 0 bridgehead atoms. The van der Waals surface area contributed by atoms with Crippen LogP contribution in [0.4, 0.5) is 5.82 Å². The van der Waals surface area contributed by atoms with Gasteiger partial charge in [-0.2, -0.15) is 0 Å². The van der Waals surface area contributed by atoms with Crippen molar-refractivity contribution in [1.82, 2.24) is 24.8 Å². The van der Waals surface area contributed by atoms with Crippen molar-refractivity contribution in [1.29, 1.82) is 0 Å². The topological polar surface area (TPSA) is 78.6 Å². The van der Waals surface area contributed by atoms with E-state index >= 15 is 0 Å². The molecule has 184 valence electrons. The number of thioether (sulfide) groups is 1. The summed E-state index contributed by atoms with van der Waals surface area (Å²) in [5.41, 5.74) is 1.32. The first-order chi connectivity index (χ1) is 17.1. The van der Waals surface area contributed by atoms with E-state index in [0.717, 1.165) is 64.5 Å². The Hall–Kier alpha value is -2.91. The Labute approximate surface area is 210 Å². The number of rotatable bonds is 6. The van der Waals surface area contributed by atoms with Gasteiger partial charge in [-0.25, -0.2) is 15.0 Å². The van der Waals surface area contributed by atoms with E-state index in [0.29, 0.717) is 33.8 Å². The third-order valence-electron chi connectivity index (χ3n) is 6.87. The number of carbonyl (C=O) groups excluding carboxylic acids is 1. The number of hydrogen-bond acceptors (Lipinski definition) is 8. The number of carbonyl (C=O) groups is 1. The maximum Gasteiger partial charge on any atom is 0.258 e. The number of hydrogen-bond donors (Lipinski definition) is 0. The number of furan rings is 1. The minimum atomic E-state index is 0.0440. The normalized spacial score (nSPS) is 19.2. The molecule has 3 aromatic rings. The molecule has 0 saturated carbocycles. The summed E-state index contributed by atoms with van der Waals surface area (Å²) in [6.07, 6.45) is 7.61. The fourth-order valence-electron chi connectivity index (χ4n) is 5.08. The van der Waals surface area contributed by atoms with Crippen molar-refractivity contribution in [3.8, 4) is 11.6 Å². The van der Waals surface area contributed by atoms with E-state index < -0.39 is 0 Å². The van der Waals surface area contributed by atoms with Crippen molar-refractivity contribution in [2.75, 3.05) is 57.0 Å². The second kappa shape index (κ2) is 10.8. The monoisotopic (exact) mass is 492 g/mol. The molecule has 0 N–H and O–H groups in total. The lowest BCUT2D eigenvalue weighted by Crippen LogP contribution is -2.50. The second-order valence-corrected chi connectivity index (χ2v) is 10.0. The lowest BCUT2D eigenvalue weighted by atomic mass is 9.96. The third kappa shape index (κ3) is 5.36. The Balaban J connectivity index is 1.22. The Morgan fingerprint density at radius 3 is 2.69 bits per heavy atom. The van der Waals surface area contributed by atoms with Crippen LogP contribution in [-0.4, -0.2) is 82.7 Å². The van der Waals surface area contributed by atoms with Crippen LogP contribution in [0.5, 0.6) is 0 Å². The average molecular weight is 493 g/mol. The fraction of sp³-hybridized carbons (Fsp3) is 0.462. The smallest absolute Gasteiger partial charge is 0.258 e. The average Bonchev–Trinajstić information content (AvgIpc) is 3.44. The number of piperazine rings is 1. The molecule has 1 atom stereocenters. The number of piperidine rings is 1. The SMILES string of the molecule is CSc1nc(-c2ccco2)nc(C)c1C(=O)N1CCCC(CN2CCN(c3ccccn3)CC2)C1. The summed E-state index contributed by atoms with van der Waals surface area (Å²) in [5, 5.41) is 0.710. The third-order valence-corrected chi connectivity index (χ3v) is 7.56. The van der Waals surface area contributed by atoms with Crippen LogP contribution in [0.1, 0.15) is 28.9 Å². The van der Waals surface area contributed by atoms with Crippen LogP contribution in [0, 0.1) is 12.8 Å². The molecule has 8 nitrogen and oxygen atoms in total. The number of anilines is 1. The van der Waals surface area contributed by atoms with Crippen molar-refractivity contribution in [2.45, 2.75) is 24.8 Å². The molecule has 9 heteroatoms. The number of amides is 1. The fourth-order valence-corrected chi connectivity index (χ4v) is 5.70. The molecule has 2 aliphatic heterocycles. The second-order valence-electron chi connectivity index (χ2n) is 9.23. The van der Waals surface area contributed by atoms with E-state index in [1.807, 2.05) is 48.5 Å². The summed E-state index contributed by atoms with van der Waals surface area (Å²) in [6, 6.07) is 9.74. The van der Waals surface area contributed by atoms with E-state index in [1.54, 1.807) is 6.26 Å². The molecule has 0 spiro atoms. The number of pyridine rings is 1. The van der Waals surface area contributed by atoms with Gasteiger partial charge in [0.05, 0.1) is 17.5 Å². The zero-order chi connectivity index (χ0) is 24.2. The maximum absolute atomic E-state index is 13.6. The molecule has 5 rings (SSSR count). The summed E-state index contributed by atoms with van der Waals surface area (Å²) in [7, 11) is 0. The van der Waals surface area contributed by atoms with Gasteiger partial charge in [0.15, 0.2) is 11.6 Å². The van der Waals surface area contributed by atoms with E-state index in [-0.39, 0.29) is 5.91 Å². The Morgan fingerprint density at radius 1 is 1.11 bits per heavy atom. The first-order valence-electron chi connectivity index (χ1n) is 12.3. The van der Waals surface area contributed by atoms with Gasteiger partial charge in [-0.05, 0) is 56.2 Å². The number of aromatic nitrogens is 3. The molecular weight excluding hydrogens is 460 g/mol. The Morgan fingerprint density at radius 2 is 1.97 bits per heavy atom. The van der Waals surface area contributed by atoms with Gasteiger partial charge in [0.1, 0.15) is 10.8 Å². The van der Waals surface area contributed by atoms with Gasteiger partial charge in [0, 0.05) is 52.0 Å². The highest BCUT2D eigenvalue weighted by molar-refractivity contribution is 7.98. The summed E-state index contributed by atoms with van der Waals surface area (Å²) < 4.78 is 5.47.